The molecule has 2 aliphatic heterocycles. The third-order valence-corrected chi connectivity index (χ3v) is 7.65. The quantitative estimate of drug-likeness (QED) is 0.573. The molecule has 0 aliphatic carbocycles. The van der Waals surface area contributed by atoms with E-state index in [-0.39, 0.29) is 0 Å². The molecule has 1 aromatic carbocycles. The highest BCUT2D eigenvalue weighted by Gasteiger charge is 2.51. The highest BCUT2D eigenvalue weighted by molar-refractivity contribution is 8.25. The predicted octanol–water partition coefficient (Wildman–Crippen LogP) is 1.58. The highest BCUT2D eigenvalue weighted by Crippen LogP contribution is 2.46. The number of benzene rings is 1. The first-order chi connectivity index (χ1) is 6.18. The van der Waals surface area contributed by atoms with Crippen molar-refractivity contribution in [3.8, 4) is 0 Å². The summed E-state index contributed by atoms with van der Waals surface area (Å²) >= 11 is 0. The Bertz CT molecular complexity index is 425. The zero-order valence-electron chi connectivity index (χ0n) is 7.66. The molecule has 1 nitrogen and oxygen atoms in total. The maximum absolute atomic E-state index is 12.5. The van der Waals surface area contributed by atoms with Crippen molar-refractivity contribution in [1.29, 1.82) is 0 Å². The van der Waals surface area contributed by atoms with Gasteiger partial charge in [-0.2, -0.15) is 0 Å². The minimum atomic E-state index is -2.06. The molecule has 0 amide bonds. The molecule has 1 spiro atoms. The van der Waals surface area contributed by atoms with Gasteiger partial charge in [-0.3, -0.25) is 4.21 Å². The molecular formula is C11H14OS. The van der Waals surface area contributed by atoms with Crippen molar-refractivity contribution in [3.05, 3.63) is 35.4 Å². The molecule has 1 fully saturated rings. The van der Waals surface area contributed by atoms with Gasteiger partial charge in [-0.05, 0) is 17.5 Å². The van der Waals surface area contributed by atoms with E-state index in [4.69, 9.17) is 0 Å². The summed E-state index contributed by atoms with van der Waals surface area (Å²) in [6.07, 6.45) is 1.04. The normalized spacial score (nSPS) is 30.0. The average Bonchev–Trinajstić information content (AvgIpc) is 2.79. The molecule has 0 aromatic heterocycles. The molecule has 0 N–H and O–H groups in total. The maximum Gasteiger partial charge on any atom is 0.0291 e. The number of hydrogen-bond donors (Lipinski definition) is 0. The zero-order chi connectivity index (χ0) is 8.97. The summed E-state index contributed by atoms with van der Waals surface area (Å²) in [6, 6.07) is 8.47. The molecule has 70 valence electrons. The van der Waals surface area contributed by atoms with Crippen molar-refractivity contribution in [3.63, 3.8) is 0 Å². The van der Waals surface area contributed by atoms with Gasteiger partial charge in [-0.1, -0.05) is 33.3 Å². The lowest BCUT2D eigenvalue weighted by molar-refractivity contribution is 0.666. The van der Waals surface area contributed by atoms with Crippen LogP contribution >= 0.6 is 0 Å². The van der Waals surface area contributed by atoms with E-state index in [1.807, 2.05) is 0 Å². The minimum absolute atomic E-state index is 0.882. The van der Waals surface area contributed by atoms with Crippen LogP contribution in [0.1, 0.15) is 11.1 Å². The maximum atomic E-state index is 12.5. The molecule has 13 heavy (non-hydrogen) atoms. The van der Waals surface area contributed by atoms with Crippen LogP contribution in [0.4, 0.5) is 0 Å². The molecule has 1 saturated heterocycles. The van der Waals surface area contributed by atoms with E-state index in [1.54, 1.807) is 0 Å². The van der Waals surface area contributed by atoms with Crippen molar-refractivity contribution in [2.75, 3.05) is 17.3 Å². The lowest BCUT2D eigenvalue weighted by atomic mass is 10.1. The molecule has 0 bridgehead atoms. The molecule has 0 unspecified atom stereocenters. The van der Waals surface area contributed by atoms with E-state index in [1.165, 1.54) is 11.1 Å². The van der Waals surface area contributed by atoms with Crippen LogP contribution in [0.25, 0.3) is 0 Å². The zero-order valence-corrected chi connectivity index (χ0v) is 8.48. The standard InChI is InChI=1S/C11H14OS/c12-13(7-8-13)6-5-10-3-1-2-4-11(10)9-13/h1-4H,5-9H2. The Labute approximate surface area is 78.6 Å². The average molecular weight is 194 g/mol. The summed E-state index contributed by atoms with van der Waals surface area (Å²) < 4.78 is 12.5. The largest absolute Gasteiger partial charge is 0.282 e. The van der Waals surface area contributed by atoms with Crippen molar-refractivity contribution in [1.82, 2.24) is 0 Å². The Kier molecular flexibility index (Phi) is 1.23. The molecule has 2 heteroatoms. The van der Waals surface area contributed by atoms with Gasteiger partial charge < -0.3 is 0 Å². The number of fused-ring (bicyclic) bond motifs is 1. The van der Waals surface area contributed by atoms with E-state index >= 15 is 0 Å². The van der Waals surface area contributed by atoms with Gasteiger partial charge in [0.1, 0.15) is 0 Å². The number of hydrogen-bond acceptors (Lipinski definition) is 1. The Balaban J connectivity index is 2.10. The Morgan fingerprint density at radius 3 is 2.38 bits per heavy atom. The first-order valence-corrected chi connectivity index (χ1v) is 7.50. The molecule has 3 rings (SSSR count). The first-order valence-electron chi connectivity index (χ1n) is 4.86. The van der Waals surface area contributed by atoms with E-state index in [9.17, 15) is 4.21 Å². The highest BCUT2D eigenvalue weighted by atomic mass is 32.3. The monoisotopic (exact) mass is 194 g/mol. The predicted molar refractivity (Wildman–Crippen MR) is 56.6 cm³/mol. The summed E-state index contributed by atoms with van der Waals surface area (Å²) in [4.78, 5) is 0. The molecule has 2 aliphatic rings. The molecule has 2 heterocycles. The van der Waals surface area contributed by atoms with Crippen LogP contribution in [0.2, 0.25) is 0 Å². The van der Waals surface area contributed by atoms with E-state index in [0.29, 0.717) is 0 Å². The van der Waals surface area contributed by atoms with Crippen LogP contribution in [0.3, 0.4) is 0 Å². The molecule has 0 radical (unpaired) electrons. The topological polar surface area (TPSA) is 17.1 Å². The van der Waals surface area contributed by atoms with Gasteiger partial charge in [0, 0.05) is 23.0 Å². The first kappa shape index (κ1) is 7.74. The molecular weight excluding hydrogens is 180 g/mol. The summed E-state index contributed by atoms with van der Waals surface area (Å²) in [6.45, 7) is 0. The van der Waals surface area contributed by atoms with Gasteiger partial charge in [0.2, 0.25) is 0 Å². The second kappa shape index (κ2) is 2.06. The van der Waals surface area contributed by atoms with Crippen molar-refractivity contribution < 1.29 is 4.21 Å². The van der Waals surface area contributed by atoms with Crippen LogP contribution in [0, 0.1) is 0 Å². The van der Waals surface area contributed by atoms with Gasteiger partial charge in [-0.15, -0.1) is 0 Å². The number of aryl methyl sites for hydroxylation is 1. The van der Waals surface area contributed by atoms with Gasteiger partial charge >= 0.3 is 0 Å². The Morgan fingerprint density at radius 1 is 1.00 bits per heavy atom. The lowest BCUT2D eigenvalue weighted by Crippen LogP contribution is -2.29. The van der Waals surface area contributed by atoms with E-state index < -0.39 is 9.07 Å². The summed E-state index contributed by atoms with van der Waals surface area (Å²) in [5, 5.41) is 0. The second-order valence-corrected chi connectivity index (χ2v) is 9.38. The van der Waals surface area contributed by atoms with E-state index in [0.717, 1.165) is 29.4 Å². The van der Waals surface area contributed by atoms with Crippen molar-refractivity contribution in [2.45, 2.75) is 12.2 Å². The van der Waals surface area contributed by atoms with Gasteiger partial charge in [-0.25, -0.2) is 0 Å². The second-order valence-electron chi connectivity index (χ2n) is 4.47. The van der Waals surface area contributed by atoms with Crippen molar-refractivity contribution in [2.24, 2.45) is 0 Å². The summed E-state index contributed by atoms with van der Waals surface area (Å²) in [5.41, 5.74) is 2.78. The fourth-order valence-corrected chi connectivity index (χ4v) is 6.14. The van der Waals surface area contributed by atoms with E-state index in [2.05, 4.69) is 24.3 Å². The summed E-state index contributed by atoms with van der Waals surface area (Å²) in [5.74, 6) is 3.86. The fraction of sp³-hybridized carbons (Fsp3) is 0.455. The van der Waals surface area contributed by atoms with Crippen LogP contribution < -0.4 is 0 Å². The SMILES string of the molecule is O=S12(CCc3ccccc3C1)CC2. The van der Waals surface area contributed by atoms with Crippen molar-refractivity contribution >= 4 is 9.07 Å². The number of rotatable bonds is 0. The smallest absolute Gasteiger partial charge is 0.0291 e. The summed E-state index contributed by atoms with van der Waals surface area (Å²) in [7, 11) is -2.06. The van der Waals surface area contributed by atoms with Gasteiger partial charge in [0.25, 0.3) is 0 Å². The third-order valence-electron chi connectivity index (χ3n) is 3.47. The van der Waals surface area contributed by atoms with Crippen LogP contribution in [-0.4, -0.2) is 21.5 Å². The van der Waals surface area contributed by atoms with Gasteiger partial charge in [0.05, 0.1) is 0 Å². The third kappa shape index (κ3) is 1.08. The molecule has 1 aromatic rings. The Morgan fingerprint density at radius 2 is 1.69 bits per heavy atom. The van der Waals surface area contributed by atoms with Crippen LogP contribution in [0.15, 0.2) is 24.3 Å². The molecule has 0 atom stereocenters. The fourth-order valence-electron chi connectivity index (χ4n) is 2.28. The Hall–Kier alpha value is -0.630. The minimum Gasteiger partial charge on any atom is -0.282 e. The molecule has 0 saturated carbocycles. The van der Waals surface area contributed by atoms with Crippen LogP contribution in [0.5, 0.6) is 0 Å². The lowest BCUT2D eigenvalue weighted by Gasteiger charge is -2.29. The van der Waals surface area contributed by atoms with Gasteiger partial charge in [0.15, 0.2) is 0 Å². The van der Waals surface area contributed by atoms with Crippen LogP contribution in [-0.2, 0) is 21.2 Å².